The molecule has 0 fully saturated rings. The highest BCUT2D eigenvalue weighted by Crippen LogP contribution is 2.22. The summed E-state index contributed by atoms with van der Waals surface area (Å²) in [6, 6.07) is 9.88. The lowest BCUT2D eigenvalue weighted by atomic mass is 10.2. The summed E-state index contributed by atoms with van der Waals surface area (Å²) in [6.45, 7) is 0.498. The molecule has 1 aromatic heterocycles. The second-order valence-electron chi connectivity index (χ2n) is 3.08. The molecule has 0 saturated heterocycles. The third kappa shape index (κ3) is 2.44. The molecule has 0 atom stereocenters. The lowest BCUT2D eigenvalue weighted by molar-refractivity contribution is 0.111. The van der Waals surface area contributed by atoms with Crippen molar-refractivity contribution in [2.24, 2.45) is 0 Å². The maximum Gasteiger partial charge on any atom is 0.154 e. The van der Waals surface area contributed by atoms with Crippen LogP contribution in [-0.2, 0) is 6.61 Å². The van der Waals surface area contributed by atoms with Crippen molar-refractivity contribution in [2.45, 2.75) is 6.61 Å². The van der Waals surface area contributed by atoms with Gasteiger partial charge in [-0.3, -0.25) is 4.79 Å². The Balaban J connectivity index is 2.02. The standard InChI is InChI=1S/C12H10O2S/c13-6-11-8-15-9-12(11)14-7-10-4-2-1-3-5-10/h1-6,8-9H,7H2. The van der Waals surface area contributed by atoms with Crippen molar-refractivity contribution in [1.29, 1.82) is 0 Å². The second-order valence-corrected chi connectivity index (χ2v) is 3.83. The first kappa shape index (κ1) is 9.93. The van der Waals surface area contributed by atoms with E-state index in [4.69, 9.17) is 4.74 Å². The van der Waals surface area contributed by atoms with Crippen molar-refractivity contribution < 1.29 is 9.53 Å². The van der Waals surface area contributed by atoms with E-state index in [0.29, 0.717) is 17.9 Å². The van der Waals surface area contributed by atoms with E-state index in [1.807, 2.05) is 35.7 Å². The molecule has 0 aliphatic carbocycles. The molecule has 0 spiro atoms. The van der Waals surface area contributed by atoms with Crippen LogP contribution in [0.3, 0.4) is 0 Å². The molecule has 0 radical (unpaired) electrons. The summed E-state index contributed by atoms with van der Waals surface area (Å²) in [5.41, 5.74) is 1.72. The summed E-state index contributed by atoms with van der Waals surface area (Å²) in [5, 5.41) is 3.62. The number of hydrogen-bond donors (Lipinski definition) is 0. The lowest BCUT2D eigenvalue weighted by Gasteiger charge is -2.04. The number of carbonyl (C=O) groups excluding carboxylic acids is 1. The van der Waals surface area contributed by atoms with Crippen LogP contribution in [-0.4, -0.2) is 6.29 Å². The van der Waals surface area contributed by atoms with Crippen molar-refractivity contribution in [3.8, 4) is 5.75 Å². The highest BCUT2D eigenvalue weighted by atomic mass is 32.1. The van der Waals surface area contributed by atoms with Crippen molar-refractivity contribution >= 4 is 17.6 Å². The minimum Gasteiger partial charge on any atom is -0.487 e. The number of aldehydes is 1. The summed E-state index contributed by atoms with van der Waals surface area (Å²) in [5.74, 6) is 0.666. The average molecular weight is 218 g/mol. The van der Waals surface area contributed by atoms with Gasteiger partial charge in [0, 0.05) is 10.8 Å². The van der Waals surface area contributed by atoms with E-state index < -0.39 is 0 Å². The molecule has 0 aliphatic rings. The average Bonchev–Trinajstić information content (AvgIpc) is 2.75. The maximum atomic E-state index is 10.6. The molecule has 0 unspecified atom stereocenters. The smallest absolute Gasteiger partial charge is 0.154 e. The monoisotopic (exact) mass is 218 g/mol. The first-order valence-electron chi connectivity index (χ1n) is 4.58. The van der Waals surface area contributed by atoms with Gasteiger partial charge in [0.15, 0.2) is 6.29 Å². The minimum atomic E-state index is 0.498. The van der Waals surface area contributed by atoms with Gasteiger partial charge in [0.05, 0.1) is 5.56 Å². The van der Waals surface area contributed by atoms with Gasteiger partial charge < -0.3 is 4.74 Å². The highest BCUT2D eigenvalue weighted by molar-refractivity contribution is 7.08. The Kier molecular flexibility index (Phi) is 3.15. The van der Waals surface area contributed by atoms with E-state index in [1.54, 1.807) is 5.38 Å². The fraction of sp³-hybridized carbons (Fsp3) is 0.0833. The molecular formula is C12H10O2S. The van der Waals surface area contributed by atoms with E-state index in [2.05, 4.69) is 0 Å². The van der Waals surface area contributed by atoms with Gasteiger partial charge in [0.25, 0.3) is 0 Å². The van der Waals surface area contributed by atoms with Crippen LogP contribution in [0.1, 0.15) is 15.9 Å². The van der Waals surface area contributed by atoms with Crippen molar-refractivity contribution in [1.82, 2.24) is 0 Å². The number of benzene rings is 1. The normalized spacial score (nSPS) is 9.87. The van der Waals surface area contributed by atoms with Crippen LogP contribution in [0.15, 0.2) is 41.1 Å². The Bertz CT molecular complexity index is 434. The second kappa shape index (κ2) is 4.75. The largest absolute Gasteiger partial charge is 0.487 e. The number of hydrogen-bond acceptors (Lipinski definition) is 3. The van der Waals surface area contributed by atoms with Crippen LogP contribution >= 0.6 is 11.3 Å². The molecular weight excluding hydrogens is 208 g/mol. The Labute approximate surface area is 92.1 Å². The predicted molar refractivity (Wildman–Crippen MR) is 60.5 cm³/mol. The molecule has 0 amide bonds. The maximum absolute atomic E-state index is 10.6. The molecule has 1 aromatic carbocycles. The van der Waals surface area contributed by atoms with E-state index in [-0.39, 0.29) is 0 Å². The Morgan fingerprint density at radius 2 is 2.00 bits per heavy atom. The molecule has 2 rings (SSSR count). The van der Waals surface area contributed by atoms with Crippen LogP contribution in [0.25, 0.3) is 0 Å². The molecule has 3 heteroatoms. The summed E-state index contributed by atoms with van der Waals surface area (Å²) in [7, 11) is 0. The fourth-order valence-electron chi connectivity index (χ4n) is 1.23. The quantitative estimate of drug-likeness (QED) is 0.737. The molecule has 76 valence electrons. The zero-order valence-electron chi connectivity index (χ0n) is 8.05. The van der Waals surface area contributed by atoms with Gasteiger partial charge in [-0.1, -0.05) is 30.3 Å². The van der Waals surface area contributed by atoms with E-state index in [9.17, 15) is 4.79 Å². The van der Waals surface area contributed by atoms with Crippen LogP contribution < -0.4 is 4.74 Å². The van der Waals surface area contributed by atoms with Gasteiger partial charge >= 0.3 is 0 Å². The number of thiophene rings is 1. The predicted octanol–water partition coefficient (Wildman–Crippen LogP) is 3.14. The van der Waals surface area contributed by atoms with Gasteiger partial charge in [-0.2, -0.15) is 0 Å². The van der Waals surface area contributed by atoms with Gasteiger partial charge in [-0.15, -0.1) is 11.3 Å². The topological polar surface area (TPSA) is 26.3 Å². The molecule has 2 nitrogen and oxygen atoms in total. The third-order valence-corrected chi connectivity index (χ3v) is 2.76. The van der Waals surface area contributed by atoms with E-state index in [0.717, 1.165) is 11.8 Å². The van der Waals surface area contributed by atoms with Crippen LogP contribution in [0, 0.1) is 0 Å². The number of ether oxygens (including phenoxy) is 1. The summed E-state index contributed by atoms with van der Waals surface area (Å²) < 4.78 is 5.53. The SMILES string of the molecule is O=Cc1cscc1OCc1ccccc1. The van der Waals surface area contributed by atoms with Gasteiger partial charge in [0.1, 0.15) is 12.4 Å². The molecule has 1 heterocycles. The number of rotatable bonds is 4. The third-order valence-electron chi connectivity index (χ3n) is 2.02. The van der Waals surface area contributed by atoms with Gasteiger partial charge in [-0.05, 0) is 5.56 Å². The first-order valence-corrected chi connectivity index (χ1v) is 5.52. The molecule has 0 saturated carbocycles. The zero-order chi connectivity index (χ0) is 10.5. The van der Waals surface area contributed by atoms with Crippen LogP contribution in [0.5, 0.6) is 5.75 Å². The Morgan fingerprint density at radius 1 is 1.20 bits per heavy atom. The van der Waals surface area contributed by atoms with Crippen molar-refractivity contribution in [3.63, 3.8) is 0 Å². The molecule has 0 aliphatic heterocycles. The van der Waals surface area contributed by atoms with Gasteiger partial charge in [-0.25, -0.2) is 0 Å². The highest BCUT2D eigenvalue weighted by Gasteiger charge is 2.03. The van der Waals surface area contributed by atoms with Crippen LogP contribution in [0.4, 0.5) is 0 Å². The number of carbonyl (C=O) groups is 1. The molecule has 0 bridgehead atoms. The van der Waals surface area contributed by atoms with Gasteiger partial charge in [0.2, 0.25) is 0 Å². The summed E-state index contributed by atoms with van der Waals surface area (Å²) in [4.78, 5) is 10.6. The molecule has 0 N–H and O–H groups in total. The zero-order valence-corrected chi connectivity index (χ0v) is 8.87. The van der Waals surface area contributed by atoms with E-state index in [1.165, 1.54) is 11.3 Å². The summed E-state index contributed by atoms with van der Waals surface area (Å²) >= 11 is 1.47. The van der Waals surface area contributed by atoms with Crippen molar-refractivity contribution in [2.75, 3.05) is 0 Å². The Morgan fingerprint density at radius 3 is 2.73 bits per heavy atom. The summed E-state index contributed by atoms with van der Waals surface area (Å²) in [6.07, 6.45) is 0.816. The molecule has 15 heavy (non-hydrogen) atoms. The lowest BCUT2D eigenvalue weighted by Crippen LogP contribution is -1.95. The van der Waals surface area contributed by atoms with Crippen LogP contribution in [0.2, 0.25) is 0 Å². The molecule has 2 aromatic rings. The first-order chi connectivity index (χ1) is 7.40. The van der Waals surface area contributed by atoms with Crippen molar-refractivity contribution in [3.05, 3.63) is 52.2 Å². The minimum absolute atomic E-state index is 0.498. The fourth-order valence-corrected chi connectivity index (χ4v) is 1.95. The Hall–Kier alpha value is -1.61. The van der Waals surface area contributed by atoms with E-state index >= 15 is 0 Å².